The van der Waals surface area contributed by atoms with Gasteiger partial charge in [0.15, 0.2) is 0 Å². The van der Waals surface area contributed by atoms with Crippen LogP contribution >= 0.6 is 0 Å². The fourth-order valence-electron chi connectivity index (χ4n) is 2.63. The molecule has 0 saturated carbocycles. The van der Waals surface area contributed by atoms with Gasteiger partial charge in [-0.25, -0.2) is 5.48 Å². The zero-order chi connectivity index (χ0) is 15.2. The topological polar surface area (TPSA) is 50.8 Å². The summed E-state index contributed by atoms with van der Waals surface area (Å²) in [6.45, 7) is 9.25. The van der Waals surface area contributed by atoms with Crippen molar-refractivity contribution in [1.82, 2.24) is 10.4 Å². The van der Waals surface area contributed by atoms with Gasteiger partial charge in [0.25, 0.3) is 5.91 Å². The standard InChI is InChI=1S/C16H24N2O3/c1-4-20-17-16(19)15-7-5-14(6-8-15)11-18-9-12(2)21-13(3)10-18/h5-8,12-13H,4,9-11H2,1-3H3,(H,17,19)/t12-,13-/m1/s1. The molecule has 1 amide bonds. The Balaban J connectivity index is 1.91. The number of benzene rings is 1. The molecule has 1 aromatic rings. The maximum absolute atomic E-state index is 11.7. The van der Waals surface area contributed by atoms with Gasteiger partial charge in [-0.3, -0.25) is 14.5 Å². The Morgan fingerprint density at radius 1 is 1.29 bits per heavy atom. The van der Waals surface area contributed by atoms with Crippen molar-refractivity contribution in [1.29, 1.82) is 0 Å². The van der Waals surface area contributed by atoms with Crippen molar-refractivity contribution in [2.24, 2.45) is 0 Å². The van der Waals surface area contributed by atoms with Crippen molar-refractivity contribution < 1.29 is 14.4 Å². The summed E-state index contributed by atoms with van der Waals surface area (Å²) in [7, 11) is 0. The molecule has 0 unspecified atom stereocenters. The van der Waals surface area contributed by atoms with Gasteiger partial charge in [0, 0.05) is 25.2 Å². The Hall–Kier alpha value is -1.43. The van der Waals surface area contributed by atoms with Gasteiger partial charge in [-0.2, -0.15) is 0 Å². The third kappa shape index (κ3) is 4.81. The number of carbonyl (C=O) groups is 1. The molecule has 1 fully saturated rings. The summed E-state index contributed by atoms with van der Waals surface area (Å²) in [4.78, 5) is 19.0. The van der Waals surface area contributed by atoms with E-state index < -0.39 is 0 Å². The van der Waals surface area contributed by atoms with Gasteiger partial charge in [-0.05, 0) is 38.5 Å². The Morgan fingerprint density at radius 2 is 1.90 bits per heavy atom. The average Bonchev–Trinajstić information content (AvgIpc) is 2.44. The molecular formula is C16H24N2O3. The highest BCUT2D eigenvalue weighted by Crippen LogP contribution is 2.14. The van der Waals surface area contributed by atoms with Crippen molar-refractivity contribution in [3.05, 3.63) is 35.4 Å². The second-order valence-electron chi connectivity index (χ2n) is 5.51. The molecule has 116 valence electrons. The van der Waals surface area contributed by atoms with Crippen LogP contribution in [-0.2, 0) is 16.1 Å². The summed E-state index contributed by atoms with van der Waals surface area (Å²) in [5.41, 5.74) is 4.20. The van der Waals surface area contributed by atoms with Crippen LogP contribution in [0.25, 0.3) is 0 Å². The Labute approximate surface area is 126 Å². The third-order valence-electron chi connectivity index (χ3n) is 3.43. The second-order valence-corrected chi connectivity index (χ2v) is 5.51. The number of nitrogens with zero attached hydrogens (tertiary/aromatic N) is 1. The predicted molar refractivity (Wildman–Crippen MR) is 80.8 cm³/mol. The fraction of sp³-hybridized carbons (Fsp3) is 0.562. The van der Waals surface area contributed by atoms with Crippen molar-refractivity contribution >= 4 is 5.91 Å². The van der Waals surface area contributed by atoms with Crippen LogP contribution < -0.4 is 5.48 Å². The predicted octanol–water partition coefficient (Wildman–Crippen LogP) is 1.98. The van der Waals surface area contributed by atoms with Crippen molar-refractivity contribution in [3.63, 3.8) is 0 Å². The number of rotatable bonds is 5. The van der Waals surface area contributed by atoms with Crippen molar-refractivity contribution in [2.75, 3.05) is 19.7 Å². The van der Waals surface area contributed by atoms with Gasteiger partial charge < -0.3 is 4.74 Å². The summed E-state index contributed by atoms with van der Waals surface area (Å²) >= 11 is 0. The van der Waals surface area contributed by atoms with E-state index in [2.05, 4.69) is 24.2 Å². The van der Waals surface area contributed by atoms with Gasteiger partial charge in [-0.15, -0.1) is 0 Å². The molecule has 2 rings (SSSR count). The molecule has 5 nitrogen and oxygen atoms in total. The normalized spacial score (nSPS) is 23.0. The second kappa shape index (κ2) is 7.54. The van der Waals surface area contributed by atoms with Crippen LogP contribution in [0.4, 0.5) is 0 Å². The number of hydrogen-bond acceptors (Lipinski definition) is 4. The first-order valence-corrected chi connectivity index (χ1v) is 7.47. The fourth-order valence-corrected chi connectivity index (χ4v) is 2.63. The average molecular weight is 292 g/mol. The van der Waals surface area contributed by atoms with E-state index in [4.69, 9.17) is 9.57 Å². The maximum atomic E-state index is 11.7. The molecule has 1 saturated heterocycles. The van der Waals surface area contributed by atoms with Crippen LogP contribution in [0.2, 0.25) is 0 Å². The van der Waals surface area contributed by atoms with Crippen LogP contribution in [0.15, 0.2) is 24.3 Å². The zero-order valence-electron chi connectivity index (χ0n) is 13.0. The smallest absolute Gasteiger partial charge is 0.274 e. The van der Waals surface area contributed by atoms with Crippen LogP contribution in [-0.4, -0.2) is 42.7 Å². The zero-order valence-corrected chi connectivity index (χ0v) is 13.0. The lowest BCUT2D eigenvalue weighted by molar-refractivity contribution is -0.0704. The number of hydrogen-bond donors (Lipinski definition) is 1. The van der Waals surface area contributed by atoms with Crippen LogP contribution in [0.1, 0.15) is 36.7 Å². The maximum Gasteiger partial charge on any atom is 0.274 e. The van der Waals surface area contributed by atoms with E-state index in [0.717, 1.165) is 19.6 Å². The van der Waals surface area contributed by atoms with E-state index in [9.17, 15) is 4.79 Å². The lowest BCUT2D eigenvalue weighted by Gasteiger charge is -2.35. The highest BCUT2D eigenvalue weighted by Gasteiger charge is 2.21. The van der Waals surface area contributed by atoms with E-state index in [-0.39, 0.29) is 18.1 Å². The number of hydroxylamine groups is 1. The van der Waals surface area contributed by atoms with Crippen molar-refractivity contribution in [2.45, 2.75) is 39.5 Å². The summed E-state index contributed by atoms with van der Waals surface area (Å²) in [6.07, 6.45) is 0.537. The first kappa shape index (κ1) is 15.9. The van der Waals surface area contributed by atoms with Gasteiger partial charge in [-0.1, -0.05) is 12.1 Å². The number of amides is 1. The molecule has 2 atom stereocenters. The minimum Gasteiger partial charge on any atom is -0.373 e. The molecule has 0 bridgehead atoms. The monoisotopic (exact) mass is 292 g/mol. The Bertz CT molecular complexity index is 451. The molecule has 1 aliphatic heterocycles. The van der Waals surface area contributed by atoms with Gasteiger partial charge in [0.05, 0.1) is 18.8 Å². The number of nitrogens with one attached hydrogen (secondary N) is 1. The molecule has 0 aliphatic carbocycles. The summed E-state index contributed by atoms with van der Waals surface area (Å²) < 4.78 is 5.73. The molecule has 0 radical (unpaired) electrons. The number of morpholine rings is 1. The molecule has 1 N–H and O–H groups in total. The summed E-state index contributed by atoms with van der Waals surface area (Å²) in [5, 5.41) is 0. The molecule has 0 aromatic heterocycles. The molecule has 0 spiro atoms. The first-order valence-electron chi connectivity index (χ1n) is 7.47. The largest absolute Gasteiger partial charge is 0.373 e. The lowest BCUT2D eigenvalue weighted by Crippen LogP contribution is -2.44. The molecule has 21 heavy (non-hydrogen) atoms. The van der Waals surface area contributed by atoms with Crippen LogP contribution in [0, 0.1) is 0 Å². The molecular weight excluding hydrogens is 268 g/mol. The van der Waals surface area contributed by atoms with Crippen molar-refractivity contribution in [3.8, 4) is 0 Å². The number of ether oxygens (including phenoxy) is 1. The van der Waals surface area contributed by atoms with E-state index in [1.807, 2.05) is 31.2 Å². The highest BCUT2D eigenvalue weighted by atomic mass is 16.6. The Morgan fingerprint density at radius 3 is 2.48 bits per heavy atom. The number of carbonyl (C=O) groups excluding carboxylic acids is 1. The molecule has 1 aliphatic rings. The first-order chi connectivity index (χ1) is 10.1. The van der Waals surface area contributed by atoms with E-state index in [1.165, 1.54) is 5.56 Å². The van der Waals surface area contributed by atoms with E-state index in [1.54, 1.807) is 0 Å². The van der Waals surface area contributed by atoms with Crippen LogP contribution in [0.5, 0.6) is 0 Å². The summed E-state index contributed by atoms with van der Waals surface area (Å²) in [5.74, 6) is -0.211. The quantitative estimate of drug-likeness (QED) is 0.843. The van der Waals surface area contributed by atoms with E-state index in [0.29, 0.717) is 12.2 Å². The van der Waals surface area contributed by atoms with E-state index >= 15 is 0 Å². The van der Waals surface area contributed by atoms with Crippen LogP contribution in [0.3, 0.4) is 0 Å². The van der Waals surface area contributed by atoms with Gasteiger partial charge in [0.1, 0.15) is 0 Å². The minimum atomic E-state index is -0.211. The Kier molecular flexibility index (Phi) is 5.73. The highest BCUT2D eigenvalue weighted by molar-refractivity contribution is 5.93. The van der Waals surface area contributed by atoms with Gasteiger partial charge >= 0.3 is 0 Å². The molecule has 5 heteroatoms. The molecule has 1 aromatic carbocycles. The minimum absolute atomic E-state index is 0.211. The SMILES string of the molecule is CCONC(=O)c1ccc(CN2C[C@@H](C)O[C@H](C)C2)cc1. The summed E-state index contributed by atoms with van der Waals surface area (Å²) in [6, 6.07) is 7.64. The van der Waals surface area contributed by atoms with Gasteiger partial charge in [0.2, 0.25) is 0 Å². The third-order valence-corrected chi connectivity index (χ3v) is 3.43. The molecule has 1 heterocycles. The lowest BCUT2D eigenvalue weighted by atomic mass is 10.1.